The Hall–Kier alpha value is -1.84. The highest BCUT2D eigenvalue weighted by atomic mass is 16.4. The molecule has 1 aliphatic heterocycles. The number of hydrogen-bond acceptors (Lipinski definition) is 2. The van der Waals surface area contributed by atoms with Crippen LogP contribution in [0.4, 0.5) is 0 Å². The third kappa shape index (κ3) is 3.16. The summed E-state index contributed by atoms with van der Waals surface area (Å²) in [5.74, 6) is -0.521. The van der Waals surface area contributed by atoms with Crippen LogP contribution in [0.2, 0.25) is 0 Å². The molecule has 2 fully saturated rings. The zero-order valence-corrected chi connectivity index (χ0v) is 12.9. The smallest absolute Gasteiger partial charge is 0.308 e. The second-order valence-corrected chi connectivity index (χ2v) is 6.85. The molecule has 1 aromatic carbocycles. The topological polar surface area (TPSA) is 57.6 Å². The lowest BCUT2D eigenvalue weighted by Crippen LogP contribution is -2.47. The van der Waals surface area contributed by atoms with Crippen molar-refractivity contribution in [3.63, 3.8) is 0 Å². The predicted octanol–water partition coefficient (Wildman–Crippen LogP) is 2.75. The van der Waals surface area contributed by atoms with E-state index in [1.54, 1.807) is 4.90 Å². The molecule has 1 aliphatic carbocycles. The molecule has 4 nitrogen and oxygen atoms in total. The molecule has 3 rings (SSSR count). The third-order valence-corrected chi connectivity index (χ3v) is 4.84. The first-order chi connectivity index (χ1) is 10.6. The molecule has 0 aromatic heterocycles. The molecule has 4 heteroatoms. The highest BCUT2D eigenvalue weighted by Crippen LogP contribution is 2.44. The van der Waals surface area contributed by atoms with Gasteiger partial charge >= 0.3 is 5.97 Å². The number of rotatable bonds is 4. The number of benzene rings is 1. The zero-order chi connectivity index (χ0) is 15.7. The molecule has 22 heavy (non-hydrogen) atoms. The quantitative estimate of drug-likeness (QED) is 0.930. The van der Waals surface area contributed by atoms with Crippen LogP contribution in [0.5, 0.6) is 0 Å². The van der Waals surface area contributed by atoms with Gasteiger partial charge in [-0.15, -0.1) is 0 Å². The van der Waals surface area contributed by atoms with Crippen LogP contribution in [0.3, 0.4) is 0 Å². The van der Waals surface area contributed by atoms with Gasteiger partial charge in [0, 0.05) is 13.1 Å². The van der Waals surface area contributed by atoms with Crippen LogP contribution in [-0.2, 0) is 9.59 Å². The van der Waals surface area contributed by atoms with E-state index in [9.17, 15) is 14.7 Å². The number of carbonyl (C=O) groups excluding carboxylic acids is 1. The Labute approximate surface area is 131 Å². The number of nitrogens with zero attached hydrogens (tertiary/aromatic N) is 1. The van der Waals surface area contributed by atoms with Crippen molar-refractivity contribution in [2.45, 2.75) is 32.1 Å². The summed E-state index contributed by atoms with van der Waals surface area (Å²) in [6, 6.07) is 9.93. The molecule has 1 saturated heterocycles. The number of piperidine rings is 1. The fraction of sp³-hybridized carbons (Fsp3) is 0.556. The van der Waals surface area contributed by atoms with Crippen LogP contribution < -0.4 is 0 Å². The Morgan fingerprint density at radius 1 is 1.18 bits per heavy atom. The van der Waals surface area contributed by atoms with E-state index in [2.05, 4.69) is 0 Å². The first-order valence-corrected chi connectivity index (χ1v) is 8.12. The number of carbonyl (C=O) groups is 2. The molecule has 1 N–H and O–H groups in total. The number of likely N-dealkylation sites (tertiary alicyclic amines) is 1. The van der Waals surface area contributed by atoms with Gasteiger partial charge in [-0.25, -0.2) is 0 Å². The summed E-state index contributed by atoms with van der Waals surface area (Å²) in [5, 5.41) is 9.29. The molecule has 1 aromatic rings. The molecule has 1 heterocycles. The van der Waals surface area contributed by atoms with Crippen molar-refractivity contribution in [1.29, 1.82) is 0 Å². The van der Waals surface area contributed by atoms with E-state index in [1.165, 1.54) is 0 Å². The van der Waals surface area contributed by atoms with Gasteiger partial charge in [-0.05, 0) is 36.7 Å². The molecule has 1 amide bonds. The third-order valence-electron chi connectivity index (χ3n) is 4.84. The largest absolute Gasteiger partial charge is 0.481 e. The molecular formula is C18H23NO3. The zero-order valence-electron chi connectivity index (χ0n) is 12.9. The molecule has 3 unspecified atom stereocenters. The average Bonchev–Trinajstić information content (AvgIpc) is 3.32. The monoisotopic (exact) mass is 301 g/mol. The van der Waals surface area contributed by atoms with Crippen LogP contribution in [-0.4, -0.2) is 35.0 Å². The van der Waals surface area contributed by atoms with Crippen LogP contribution in [0.25, 0.3) is 0 Å². The van der Waals surface area contributed by atoms with E-state index in [4.69, 9.17) is 0 Å². The van der Waals surface area contributed by atoms with E-state index in [0.29, 0.717) is 25.4 Å². The lowest BCUT2D eigenvalue weighted by molar-refractivity contribution is -0.147. The van der Waals surface area contributed by atoms with Gasteiger partial charge in [-0.1, -0.05) is 37.3 Å². The Morgan fingerprint density at radius 3 is 2.45 bits per heavy atom. The van der Waals surface area contributed by atoms with Gasteiger partial charge in [0.15, 0.2) is 0 Å². The Kier molecular flexibility index (Phi) is 4.19. The fourth-order valence-electron chi connectivity index (χ4n) is 3.61. The van der Waals surface area contributed by atoms with Crippen molar-refractivity contribution in [3.05, 3.63) is 35.9 Å². The maximum atomic E-state index is 13.0. The number of hydrogen-bond donors (Lipinski definition) is 1. The molecule has 2 aliphatic rings. The minimum atomic E-state index is -0.785. The standard InChI is InChI=1S/C18H23NO3/c1-12-9-15(18(21)22)11-19(10-12)17(20)16(14-7-8-14)13-5-3-2-4-6-13/h2-6,12,14-16H,7-11H2,1H3,(H,21,22). The highest BCUT2D eigenvalue weighted by molar-refractivity contribution is 5.85. The van der Waals surface area contributed by atoms with Gasteiger partial charge in [0.25, 0.3) is 0 Å². The summed E-state index contributed by atoms with van der Waals surface area (Å²) in [7, 11) is 0. The lowest BCUT2D eigenvalue weighted by atomic mass is 9.87. The summed E-state index contributed by atoms with van der Waals surface area (Å²) < 4.78 is 0. The molecular weight excluding hydrogens is 278 g/mol. The maximum Gasteiger partial charge on any atom is 0.308 e. The van der Waals surface area contributed by atoms with Crippen molar-refractivity contribution in [2.75, 3.05) is 13.1 Å². The summed E-state index contributed by atoms with van der Waals surface area (Å²) in [6.07, 6.45) is 2.85. The Balaban J connectivity index is 1.80. The molecule has 0 radical (unpaired) electrons. The maximum absolute atomic E-state index is 13.0. The molecule has 118 valence electrons. The summed E-state index contributed by atoms with van der Waals surface area (Å²) >= 11 is 0. The summed E-state index contributed by atoms with van der Waals surface area (Å²) in [6.45, 7) is 3.07. The second-order valence-electron chi connectivity index (χ2n) is 6.85. The van der Waals surface area contributed by atoms with Gasteiger partial charge in [0.05, 0.1) is 11.8 Å². The van der Waals surface area contributed by atoms with Gasteiger partial charge in [-0.3, -0.25) is 9.59 Å². The number of aliphatic carboxylic acids is 1. The number of carboxylic acid groups (broad SMARTS) is 1. The van der Waals surface area contributed by atoms with Crippen molar-refractivity contribution in [2.24, 2.45) is 17.8 Å². The Morgan fingerprint density at radius 2 is 1.86 bits per heavy atom. The van der Waals surface area contributed by atoms with Crippen LogP contribution in [0.15, 0.2) is 30.3 Å². The first kappa shape index (κ1) is 15.1. The van der Waals surface area contributed by atoms with Gasteiger partial charge in [-0.2, -0.15) is 0 Å². The normalized spacial score (nSPS) is 26.5. The highest BCUT2D eigenvalue weighted by Gasteiger charge is 2.41. The number of carboxylic acids is 1. The number of amides is 1. The van der Waals surface area contributed by atoms with E-state index in [-0.39, 0.29) is 17.7 Å². The van der Waals surface area contributed by atoms with Gasteiger partial charge < -0.3 is 10.0 Å². The van der Waals surface area contributed by atoms with Crippen LogP contribution in [0.1, 0.15) is 37.7 Å². The molecule has 1 saturated carbocycles. The van der Waals surface area contributed by atoms with Crippen molar-refractivity contribution < 1.29 is 14.7 Å². The van der Waals surface area contributed by atoms with Gasteiger partial charge in [0.1, 0.15) is 0 Å². The predicted molar refractivity (Wildman–Crippen MR) is 83.4 cm³/mol. The van der Waals surface area contributed by atoms with E-state index >= 15 is 0 Å². The first-order valence-electron chi connectivity index (χ1n) is 8.12. The SMILES string of the molecule is CC1CC(C(=O)O)CN(C(=O)C(c2ccccc2)C2CC2)C1. The minimum absolute atomic E-state index is 0.0963. The van der Waals surface area contributed by atoms with Crippen molar-refractivity contribution >= 4 is 11.9 Å². The summed E-state index contributed by atoms with van der Waals surface area (Å²) in [5.41, 5.74) is 1.07. The molecule has 3 atom stereocenters. The van der Waals surface area contributed by atoms with Crippen LogP contribution in [0, 0.1) is 17.8 Å². The summed E-state index contributed by atoms with van der Waals surface area (Å²) in [4.78, 5) is 26.1. The van der Waals surface area contributed by atoms with E-state index in [1.807, 2.05) is 37.3 Å². The van der Waals surface area contributed by atoms with Gasteiger partial charge in [0.2, 0.25) is 5.91 Å². The Bertz CT molecular complexity index is 553. The lowest BCUT2D eigenvalue weighted by Gasteiger charge is -2.37. The van der Waals surface area contributed by atoms with E-state index < -0.39 is 11.9 Å². The average molecular weight is 301 g/mol. The fourth-order valence-corrected chi connectivity index (χ4v) is 3.61. The van der Waals surface area contributed by atoms with E-state index in [0.717, 1.165) is 18.4 Å². The van der Waals surface area contributed by atoms with Crippen molar-refractivity contribution in [3.8, 4) is 0 Å². The molecule has 0 spiro atoms. The van der Waals surface area contributed by atoms with Crippen LogP contribution >= 0.6 is 0 Å². The minimum Gasteiger partial charge on any atom is -0.481 e. The second kappa shape index (κ2) is 6.11. The van der Waals surface area contributed by atoms with Crippen molar-refractivity contribution in [1.82, 2.24) is 4.90 Å². The molecule has 0 bridgehead atoms.